The van der Waals surface area contributed by atoms with Crippen LogP contribution >= 0.6 is 0 Å². The Balaban J connectivity index is 0.851. The summed E-state index contributed by atoms with van der Waals surface area (Å²) < 4.78 is 4.91. The smallest absolute Gasteiger partial charge is 0.329 e. The third kappa shape index (κ3) is 5.57. The molecular weight excluding hydrogens is 711 g/mol. The van der Waals surface area contributed by atoms with Crippen LogP contribution in [0.1, 0.15) is 73.5 Å². The first-order valence-corrected chi connectivity index (χ1v) is 20.0. The van der Waals surface area contributed by atoms with E-state index in [1.165, 1.54) is 11.3 Å². The lowest BCUT2D eigenvalue weighted by Crippen LogP contribution is -2.51. The fourth-order valence-corrected chi connectivity index (χ4v) is 9.87. The zero-order valence-corrected chi connectivity index (χ0v) is 31.8. The molecule has 7 heterocycles. The van der Waals surface area contributed by atoms with Gasteiger partial charge in [-0.1, -0.05) is 24.3 Å². The van der Waals surface area contributed by atoms with Crippen LogP contribution in [0.4, 0.5) is 22.9 Å². The topological polar surface area (TPSA) is 154 Å². The highest BCUT2D eigenvalue weighted by Gasteiger charge is 2.46. The van der Waals surface area contributed by atoms with E-state index in [4.69, 9.17) is 5.10 Å². The normalized spacial score (nSPS) is 21.6. The van der Waals surface area contributed by atoms with Gasteiger partial charge in [0, 0.05) is 69.4 Å². The Hall–Kier alpha value is -5.70. The first-order chi connectivity index (χ1) is 27.2. The first kappa shape index (κ1) is 34.8. The molecule has 290 valence electrons. The van der Waals surface area contributed by atoms with Crippen LogP contribution in [0.5, 0.6) is 0 Å². The van der Waals surface area contributed by atoms with Crippen LogP contribution < -0.4 is 31.4 Å². The molecule has 15 nitrogen and oxygen atoms in total. The quantitative estimate of drug-likeness (QED) is 0.211. The molecule has 1 aliphatic carbocycles. The summed E-state index contributed by atoms with van der Waals surface area (Å²) in [6, 6.07) is 16.7. The summed E-state index contributed by atoms with van der Waals surface area (Å²) in [7, 11) is 3.65. The molecule has 3 aromatic heterocycles. The van der Waals surface area contributed by atoms with Gasteiger partial charge >= 0.3 is 5.69 Å². The number of benzene rings is 2. The lowest BCUT2D eigenvalue weighted by molar-refractivity contribution is -0.135. The Morgan fingerprint density at radius 1 is 0.929 bits per heavy atom. The minimum Gasteiger partial charge on any atom is -0.385 e. The number of hydrogen-bond donors (Lipinski definition) is 3. The van der Waals surface area contributed by atoms with E-state index in [1.807, 2.05) is 25.2 Å². The molecule has 1 saturated carbocycles. The standard InChI is InChI=1S/C41H47N11O4/c1-42-28-22-34(46-52-33(23-43-37(28)52)39(55)44-25-10-11-25)50-24-41(27-6-3-4-7-29(27)50)16-20-48(21-17-41)26-14-18-49(19-15-26)30-8-5-9-31-36(30)47(2)40(56)51(31)32-12-13-35(53)45-38(32)54/h3-9,22-23,25-26,32,42H,10-21,24H2,1-2H3,(H,44,55)(H,45,53,54). The molecule has 3 N–H and O–H groups in total. The van der Waals surface area contributed by atoms with E-state index in [9.17, 15) is 19.2 Å². The maximum absolute atomic E-state index is 13.5. The minimum absolute atomic E-state index is 0.0124. The van der Waals surface area contributed by atoms with Crippen LogP contribution in [-0.2, 0) is 22.1 Å². The number of nitrogens with zero attached hydrogens (tertiary/aromatic N) is 8. The highest BCUT2D eigenvalue weighted by atomic mass is 16.2. The van der Waals surface area contributed by atoms with Crippen molar-refractivity contribution < 1.29 is 14.4 Å². The second kappa shape index (κ2) is 13.2. The Morgan fingerprint density at radius 2 is 1.70 bits per heavy atom. The molecule has 0 bridgehead atoms. The van der Waals surface area contributed by atoms with Gasteiger partial charge in [0.2, 0.25) is 11.8 Å². The molecule has 1 unspecified atom stereocenters. The lowest BCUT2D eigenvalue weighted by atomic mass is 9.74. The summed E-state index contributed by atoms with van der Waals surface area (Å²) in [5.41, 5.74) is 6.73. The molecule has 4 fully saturated rings. The van der Waals surface area contributed by atoms with Crippen LogP contribution in [0, 0.1) is 0 Å². The number of imide groups is 1. The monoisotopic (exact) mass is 757 g/mol. The van der Waals surface area contributed by atoms with Crippen molar-refractivity contribution in [3.8, 4) is 0 Å². The van der Waals surface area contributed by atoms with E-state index < -0.39 is 11.9 Å². The number of anilines is 4. The molecule has 15 heteroatoms. The van der Waals surface area contributed by atoms with Crippen molar-refractivity contribution in [2.24, 2.45) is 7.05 Å². The zero-order valence-electron chi connectivity index (χ0n) is 31.8. The highest BCUT2D eigenvalue weighted by molar-refractivity contribution is 6.00. The van der Waals surface area contributed by atoms with Gasteiger partial charge < -0.3 is 25.3 Å². The van der Waals surface area contributed by atoms with Gasteiger partial charge in [-0.05, 0) is 81.8 Å². The number of carbonyl (C=O) groups excluding carboxylic acids is 3. The predicted molar refractivity (Wildman–Crippen MR) is 213 cm³/mol. The van der Waals surface area contributed by atoms with Crippen molar-refractivity contribution in [3.63, 3.8) is 0 Å². The van der Waals surface area contributed by atoms with Crippen molar-refractivity contribution >= 4 is 57.3 Å². The molecule has 3 saturated heterocycles. The number of hydrogen-bond acceptors (Lipinski definition) is 10. The largest absolute Gasteiger partial charge is 0.385 e. The third-order valence-electron chi connectivity index (χ3n) is 13.1. The summed E-state index contributed by atoms with van der Waals surface area (Å²) in [5.74, 6) is -0.0657. The number of carbonyl (C=O) groups is 3. The van der Waals surface area contributed by atoms with Gasteiger partial charge in [-0.2, -0.15) is 0 Å². The zero-order chi connectivity index (χ0) is 38.3. The van der Waals surface area contributed by atoms with Crippen LogP contribution in [0.2, 0.25) is 0 Å². The summed E-state index contributed by atoms with van der Waals surface area (Å²) in [6.45, 7) is 4.58. The number of nitrogens with one attached hydrogen (secondary N) is 3. The summed E-state index contributed by atoms with van der Waals surface area (Å²) in [6.07, 6.45) is 8.29. The summed E-state index contributed by atoms with van der Waals surface area (Å²) in [4.78, 5) is 63.3. The highest BCUT2D eigenvalue weighted by Crippen LogP contribution is 2.50. The Morgan fingerprint density at radius 3 is 2.45 bits per heavy atom. The lowest BCUT2D eigenvalue weighted by Gasteiger charge is -2.45. The van der Waals surface area contributed by atoms with Crippen molar-refractivity contribution in [2.45, 2.75) is 74.9 Å². The van der Waals surface area contributed by atoms with Crippen molar-refractivity contribution in [3.05, 3.63) is 76.5 Å². The second-order valence-corrected chi connectivity index (χ2v) is 16.3. The number of rotatable bonds is 7. The van der Waals surface area contributed by atoms with Gasteiger partial charge in [0.25, 0.3) is 5.91 Å². The molecule has 2 aromatic carbocycles. The van der Waals surface area contributed by atoms with Crippen molar-refractivity contribution in [1.29, 1.82) is 0 Å². The predicted octanol–water partition coefficient (Wildman–Crippen LogP) is 3.45. The van der Waals surface area contributed by atoms with Crippen LogP contribution in [-0.4, -0.2) is 98.2 Å². The van der Waals surface area contributed by atoms with Gasteiger partial charge in [0.05, 0.1) is 28.6 Å². The van der Waals surface area contributed by atoms with Crippen LogP contribution in [0.15, 0.2) is 59.5 Å². The SMILES string of the molecule is CNc1cc(N2CC3(CCN(C4CCN(c5cccc6c5n(C)c(=O)n6C5CCC(=O)NC5=O)CC4)CC3)c3ccccc32)nn2c(C(=O)NC3CC3)cnc12. The fourth-order valence-electron chi connectivity index (χ4n) is 9.87. The minimum atomic E-state index is -0.702. The molecule has 3 amide bonds. The van der Waals surface area contributed by atoms with Gasteiger partial charge in [0.1, 0.15) is 6.04 Å². The number of amides is 3. The summed E-state index contributed by atoms with van der Waals surface area (Å²) in [5, 5.41) is 13.8. The van der Waals surface area contributed by atoms with E-state index in [2.05, 4.69) is 66.0 Å². The van der Waals surface area contributed by atoms with E-state index in [0.717, 1.165) is 99.5 Å². The van der Waals surface area contributed by atoms with Gasteiger partial charge in [-0.25, -0.2) is 14.3 Å². The average Bonchev–Trinajstić information content (AvgIpc) is 3.75. The maximum atomic E-state index is 13.5. The molecule has 0 radical (unpaired) electrons. The average molecular weight is 758 g/mol. The van der Waals surface area contributed by atoms with Crippen molar-refractivity contribution in [2.75, 3.05) is 54.9 Å². The van der Waals surface area contributed by atoms with Gasteiger partial charge in [-0.3, -0.25) is 28.8 Å². The fraction of sp³-hybridized carbons (Fsp3) is 0.463. The molecule has 5 aliphatic rings. The number of aromatic nitrogens is 5. The first-order valence-electron chi connectivity index (χ1n) is 20.0. The van der Waals surface area contributed by atoms with Gasteiger partial charge in [0.15, 0.2) is 17.2 Å². The molecule has 5 aromatic rings. The molecule has 1 spiro atoms. The molecule has 56 heavy (non-hydrogen) atoms. The number of imidazole rings is 2. The summed E-state index contributed by atoms with van der Waals surface area (Å²) >= 11 is 0. The number of piperidine rings is 3. The Bertz CT molecular complexity index is 2460. The number of likely N-dealkylation sites (tertiary alicyclic amines) is 1. The van der Waals surface area contributed by atoms with Crippen LogP contribution in [0.25, 0.3) is 16.7 Å². The molecule has 10 rings (SSSR count). The molecule has 1 atom stereocenters. The molecular formula is C41H47N11O4. The Kier molecular flexibility index (Phi) is 8.20. The van der Waals surface area contributed by atoms with Gasteiger partial charge in [-0.15, -0.1) is 5.10 Å². The maximum Gasteiger partial charge on any atom is 0.329 e. The Labute approximate surface area is 323 Å². The number of para-hydroxylation sites is 2. The van der Waals surface area contributed by atoms with E-state index in [-0.39, 0.29) is 35.4 Å². The molecule has 4 aliphatic heterocycles. The van der Waals surface area contributed by atoms with E-state index in [0.29, 0.717) is 23.8 Å². The van der Waals surface area contributed by atoms with E-state index in [1.54, 1.807) is 26.9 Å². The van der Waals surface area contributed by atoms with E-state index >= 15 is 0 Å². The number of fused-ring (bicyclic) bond motifs is 4. The second-order valence-electron chi connectivity index (χ2n) is 16.3. The van der Waals surface area contributed by atoms with Crippen molar-refractivity contribution in [1.82, 2.24) is 39.3 Å². The third-order valence-corrected chi connectivity index (χ3v) is 13.1. The van der Waals surface area contributed by atoms with Crippen LogP contribution in [0.3, 0.4) is 0 Å². The number of aryl methyl sites for hydroxylation is 1.